The van der Waals surface area contributed by atoms with E-state index in [1.54, 1.807) is 0 Å². The van der Waals surface area contributed by atoms with Crippen molar-refractivity contribution >= 4 is 93.5 Å². The van der Waals surface area contributed by atoms with Crippen molar-refractivity contribution in [3.63, 3.8) is 0 Å². The van der Waals surface area contributed by atoms with Crippen LogP contribution in [0, 0.1) is 0 Å². The van der Waals surface area contributed by atoms with Crippen molar-refractivity contribution in [1.29, 1.82) is 0 Å². The minimum atomic E-state index is 0.844. The monoisotopic (exact) mass is 807 g/mol. The molecule has 2 heterocycles. The minimum absolute atomic E-state index is 0.844. The van der Waals surface area contributed by atoms with Gasteiger partial charge in [0.1, 0.15) is 22.3 Å². The van der Waals surface area contributed by atoms with Crippen LogP contribution in [0.1, 0.15) is 24.0 Å². The van der Waals surface area contributed by atoms with Gasteiger partial charge in [-0.3, -0.25) is 0 Å². The summed E-state index contributed by atoms with van der Waals surface area (Å²) >= 11 is 0. The fourth-order valence-electron chi connectivity index (χ4n) is 9.74. The van der Waals surface area contributed by atoms with Crippen LogP contribution in [-0.4, -0.2) is 0 Å². The lowest BCUT2D eigenvalue weighted by Gasteiger charge is -2.32. The third-order valence-corrected chi connectivity index (χ3v) is 12.7. The van der Waals surface area contributed by atoms with Crippen molar-refractivity contribution < 1.29 is 8.83 Å². The summed E-state index contributed by atoms with van der Waals surface area (Å²) in [7, 11) is 0. The maximum Gasteiger partial charge on any atom is 0.136 e. The topological polar surface area (TPSA) is 29.5 Å². The Morgan fingerprint density at radius 3 is 2.05 bits per heavy atom. The first-order valence-electron chi connectivity index (χ1n) is 21.7. The summed E-state index contributed by atoms with van der Waals surface area (Å²) in [5, 5.41) is 11.8. The third-order valence-electron chi connectivity index (χ3n) is 12.7. The van der Waals surface area contributed by atoms with E-state index in [0.29, 0.717) is 0 Å². The number of hydrogen-bond acceptors (Lipinski definition) is 3. The van der Waals surface area contributed by atoms with Gasteiger partial charge in [-0.05, 0) is 134 Å². The summed E-state index contributed by atoms with van der Waals surface area (Å²) in [6.45, 7) is 4.43. The summed E-state index contributed by atoms with van der Waals surface area (Å²) in [4.78, 5) is 2.40. The molecular formula is C60H41NO2. The Balaban J connectivity index is 1.02. The summed E-state index contributed by atoms with van der Waals surface area (Å²) in [5.74, 6) is 0. The van der Waals surface area contributed by atoms with Gasteiger partial charge in [-0.1, -0.05) is 152 Å². The van der Waals surface area contributed by atoms with Crippen LogP contribution in [0.15, 0.2) is 233 Å². The summed E-state index contributed by atoms with van der Waals surface area (Å²) in [5.41, 5.74) is 12.6. The molecule has 298 valence electrons. The van der Waals surface area contributed by atoms with Gasteiger partial charge >= 0.3 is 0 Å². The van der Waals surface area contributed by atoms with Crippen LogP contribution in [0.4, 0.5) is 5.69 Å². The van der Waals surface area contributed by atoms with Gasteiger partial charge < -0.3 is 13.7 Å². The molecule has 3 nitrogen and oxygen atoms in total. The average molecular weight is 808 g/mol. The van der Waals surface area contributed by atoms with E-state index in [4.69, 9.17) is 8.83 Å². The quantitative estimate of drug-likeness (QED) is 0.113. The molecule has 0 radical (unpaired) electrons. The molecular weight excluding hydrogens is 767 g/mol. The number of hydrogen-bond donors (Lipinski definition) is 0. The number of rotatable bonds is 8. The van der Waals surface area contributed by atoms with Crippen LogP contribution in [0.25, 0.3) is 99.0 Å². The molecule has 63 heavy (non-hydrogen) atoms. The van der Waals surface area contributed by atoms with E-state index in [9.17, 15) is 0 Å². The number of fused-ring (bicyclic) bond motifs is 10. The first-order chi connectivity index (χ1) is 31.2. The fraction of sp³-hybridized carbons (Fsp3) is 0.0333. The number of anilines is 1. The SMILES string of the molecule is C=C/C(=C\C=C\c1cc2ccccc2c2ccccc12)N(C1=C(c2cccc3oc4cc5ccccc5cc4c23)C=CCC1)c1ccc(-c2ccc3oc4ccccc4c3c2)cc1. The molecule has 2 aromatic heterocycles. The normalized spacial score (nSPS) is 13.6. The Bertz CT molecular complexity index is 3760. The number of benzene rings is 9. The Hall–Kier alpha value is -8.14. The highest BCUT2D eigenvalue weighted by atomic mass is 16.3. The van der Waals surface area contributed by atoms with Gasteiger partial charge in [0.05, 0.1) is 0 Å². The smallest absolute Gasteiger partial charge is 0.136 e. The molecule has 0 saturated heterocycles. The zero-order chi connectivity index (χ0) is 41.9. The maximum absolute atomic E-state index is 6.59. The molecule has 0 atom stereocenters. The van der Waals surface area contributed by atoms with Gasteiger partial charge in [0.15, 0.2) is 0 Å². The molecule has 0 spiro atoms. The fourth-order valence-corrected chi connectivity index (χ4v) is 9.74. The van der Waals surface area contributed by atoms with Crippen LogP contribution < -0.4 is 4.90 Å². The van der Waals surface area contributed by atoms with Crippen LogP contribution in [0.5, 0.6) is 0 Å². The molecule has 9 aromatic carbocycles. The number of allylic oxidation sites excluding steroid dienone is 7. The largest absolute Gasteiger partial charge is 0.456 e. The summed E-state index contributed by atoms with van der Waals surface area (Å²) < 4.78 is 12.8. The first kappa shape index (κ1) is 36.7. The lowest BCUT2D eigenvalue weighted by molar-refractivity contribution is 0.668. The molecule has 12 rings (SSSR count). The van der Waals surface area contributed by atoms with E-state index in [1.807, 2.05) is 18.2 Å². The predicted octanol–water partition coefficient (Wildman–Crippen LogP) is 17.0. The highest BCUT2D eigenvalue weighted by Crippen LogP contribution is 2.43. The van der Waals surface area contributed by atoms with E-state index in [0.717, 1.165) is 84.8 Å². The molecule has 0 saturated carbocycles. The van der Waals surface area contributed by atoms with E-state index in [1.165, 1.54) is 49.2 Å². The van der Waals surface area contributed by atoms with Crippen molar-refractivity contribution in [1.82, 2.24) is 0 Å². The average Bonchev–Trinajstić information content (AvgIpc) is 3.91. The van der Waals surface area contributed by atoms with Gasteiger partial charge in [0.2, 0.25) is 0 Å². The Morgan fingerprint density at radius 2 is 1.21 bits per heavy atom. The van der Waals surface area contributed by atoms with Crippen LogP contribution in [-0.2, 0) is 0 Å². The minimum Gasteiger partial charge on any atom is -0.456 e. The van der Waals surface area contributed by atoms with E-state index in [-0.39, 0.29) is 0 Å². The molecule has 1 aliphatic carbocycles. The van der Waals surface area contributed by atoms with Gasteiger partial charge in [-0.15, -0.1) is 0 Å². The van der Waals surface area contributed by atoms with Crippen molar-refractivity contribution in [2.24, 2.45) is 0 Å². The van der Waals surface area contributed by atoms with Crippen LogP contribution >= 0.6 is 0 Å². The van der Waals surface area contributed by atoms with Crippen LogP contribution in [0.3, 0.4) is 0 Å². The van der Waals surface area contributed by atoms with Gasteiger partial charge in [0.25, 0.3) is 0 Å². The van der Waals surface area contributed by atoms with E-state index in [2.05, 4.69) is 206 Å². The second kappa shape index (κ2) is 15.1. The second-order valence-electron chi connectivity index (χ2n) is 16.4. The molecule has 0 aliphatic heterocycles. The van der Waals surface area contributed by atoms with E-state index < -0.39 is 0 Å². The van der Waals surface area contributed by atoms with Gasteiger partial charge in [-0.25, -0.2) is 0 Å². The van der Waals surface area contributed by atoms with Crippen molar-refractivity contribution in [2.75, 3.05) is 4.90 Å². The predicted molar refractivity (Wildman–Crippen MR) is 267 cm³/mol. The molecule has 11 aromatic rings. The van der Waals surface area contributed by atoms with Gasteiger partial charge in [-0.2, -0.15) is 0 Å². The lowest BCUT2D eigenvalue weighted by atomic mass is 9.91. The zero-order valence-corrected chi connectivity index (χ0v) is 34.6. The maximum atomic E-state index is 6.59. The Morgan fingerprint density at radius 1 is 0.524 bits per heavy atom. The lowest BCUT2D eigenvalue weighted by Crippen LogP contribution is -2.23. The van der Waals surface area contributed by atoms with Crippen LogP contribution in [0.2, 0.25) is 0 Å². The standard InChI is InChI=1S/C60H41NO2/c1-2-45(19-13-18-44-35-43-17-5-6-20-47(43)49-22-8-7-21-48(44)49)61(46-32-29-39(30-33-46)42-31-34-57-53(36-42)51-24-10-12-27-56(51)62-57)55-26-11-9-23-50(55)52-25-14-28-58-60(52)54-37-40-15-3-4-16-41(40)38-59(54)63-58/h2-10,12-25,27-38H,1,11,26H2/b18-13+,45-19+. The van der Waals surface area contributed by atoms with E-state index >= 15 is 0 Å². The van der Waals surface area contributed by atoms with Crippen molar-refractivity contribution in [2.45, 2.75) is 12.8 Å². The molecule has 1 aliphatic rings. The molecule has 3 heteroatoms. The van der Waals surface area contributed by atoms with Crippen molar-refractivity contribution in [3.8, 4) is 11.1 Å². The summed E-state index contributed by atoms with van der Waals surface area (Å²) in [6.07, 6.45) is 15.0. The highest BCUT2D eigenvalue weighted by molar-refractivity contribution is 6.15. The molecule has 0 amide bonds. The first-order valence-corrected chi connectivity index (χ1v) is 21.7. The molecule has 0 bridgehead atoms. The molecule has 0 unspecified atom stereocenters. The zero-order valence-electron chi connectivity index (χ0n) is 34.6. The second-order valence-corrected chi connectivity index (χ2v) is 16.4. The molecule has 0 fully saturated rings. The highest BCUT2D eigenvalue weighted by Gasteiger charge is 2.24. The van der Waals surface area contributed by atoms with Gasteiger partial charge in [0, 0.05) is 44.2 Å². The third kappa shape index (κ3) is 6.28. The number of furan rings is 2. The number of para-hydroxylation sites is 1. The summed E-state index contributed by atoms with van der Waals surface area (Å²) in [6, 6.07) is 62.7. The number of nitrogens with zero attached hydrogens (tertiary/aromatic N) is 1. The Labute approximate surface area is 365 Å². The molecule has 0 N–H and O–H groups in total. The van der Waals surface area contributed by atoms with Crippen molar-refractivity contribution in [3.05, 3.63) is 235 Å². The Kier molecular flexibility index (Phi) is 8.79.